The molecule has 0 bridgehead atoms. The normalized spacial score (nSPS) is 10.9. The molecule has 0 radical (unpaired) electrons. The van der Waals surface area contributed by atoms with E-state index in [4.69, 9.17) is 5.11 Å². The smallest absolute Gasteiger partial charge is 0.224 e. The summed E-state index contributed by atoms with van der Waals surface area (Å²) >= 11 is 0. The van der Waals surface area contributed by atoms with Crippen LogP contribution >= 0.6 is 0 Å². The Morgan fingerprint density at radius 3 is 1.81 bits per heavy atom. The summed E-state index contributed by atoms with van der Waals surface area (Å²) in [4.78, 5) is 12.0. The standard InChI is InChI=1S/C23H39NO3/c1-20-16-17-22(26)21(19-20)24-23(27)15-13-11-9-7-5-3-2-4-6-8-10-12-14-18-25/h16-17,19,25-26H,2-15,18H2,1H3,(H,24,27). The highest BCUT2D eigenvalue weighted by Gasteiger charge is 2.06. The van der Waals surface area contributed by atoms with Gasteiger partial charge in [0.15, 0.2) is 0 Å². The first kappa shape index (κ1) is 23.5. The molecule has 1 aromatic rings. The van der Waals surface area contributed by atoms with Crippen LogP contribution in [0.15, 0.2) is 18.2 Å². The largest absolute Gasteiger partial charge is 0.506 e. The van der Waals surface area contributed by atoms with Crippen molar-refractivity contribution < 1.29 is 15.0 Å². The number of hydrogen-bond acceptors (Lipinski definition) is 3. The summed E-state index contributed by atoms with van der Waals surface area (Å²) in [5.74, 6) is 0.106. The minimum absolute atomic E-state index is 0.0186. The predicted molar refractivity (Wildman–Crippen MR) is 113 cm³/mol. The molecule has 0 aliphatic carbocycles. The van der Waals surface area contributed by atoms with E-state index in [-0.39, 0.29) is 11.7 Å². The highest BCUT2D eigenvalue weighted by Crippen LogP contribution is 2.24. The number of unbranched alkanes of at least 4 members (excludes halogenated alkanes) is 12. The molecule has 0 saturated carbocycles. The molecule has 154 valence electrons. The number of aliphatic hydroxyl groups excluding tert-OH is 1. The van der Waals surface area contributed by atoms with Gasteiger partial charge in [0.25, 0.3) is 0 Å². The lowest BCUT2D eigenvalue weighted by Crippen LogP contribution is -2.11. The number of aromatic hydroxyl groups is 1. The summed E-state index contributed by atoms with van der Waals surface area (Å²) in [6.45, 7) is 2.27. The van der Waals surface area contributed by atoms with Crippen molar-refractivity contribution in [1.29, 1.82) is 0 Å². The minimum Gasteiger partial charge on any atom is -0.506 e. The van der Waals surface area contributed by atoms with Crippen LogP contribution in [-0.4, -0.2) is 22.7 Å². The molecule has 0 aliphatic heterocycles. The number of amides is 1. The van der Waals surface area contributed by atoms with Crippen molar-refractivity contribution in [2.75, 3.05) is 11.9 Å². The van der Waals surface area contributed by atoms with E-state index in [1.165, 1.54) is 64.2 Å². The number of rotatable bonds is 16. The quantitative estimate of drug-likeness (QED) is 0.241. The van der Waals surface area contributed by atoms with Crippen molar-refractivity contribution in [1.82, 2.24) is 0 Å². The number of carbonyl (C=O) groups is 1. The van der Waals surface area contributed by atoms with E-state index >= 15 is 0 Å². The molecule has 1 aromatic carbocycles. The fourth-order valence-corrected chi connectivity index (χ4v) is 3.30. The third-order valence-electron chi connectivity index (χ3n) is 4.99. The fraction of sp³-hybridized carbons (Fsp3) is 0.696. The van der Waals surface area contributed by atoms with Gasteiger partial charge < -0.3 is 15.5 Å². The Kier molecular flexibility index (Phi) is 13.5. The van der Waals surface area contributed by atoms with Gasteiger partial charge >= 0.3 is 0 Å². The maximum absolute atomic E-state index is 12.0. The summed E-state index contributed by atoms with van der Waals surface area (Å²) < 4.78 is 0. The van der Waals surface area contributed by atoms with Crippen molar-refractivity contribution in [3.05, 3.63) is 23.8 Å². The Hall–Kier alpha value is -1.55. The van der Waals surface area contributed by atoms with Crippen molar-refractivity contribution in [3.63, 3.8) is 0 Å². The van der Waals surface area contributed by atoms with Gasteiger partial charge in [-0.2, -0.15) is 0 Å². The average molecular weight is 378 g/mol. The second-order valence-corrected chi connectivity index (χ2v) is 7.64. The first-order chi connectivity index (χ1) is 13.1. The lowest BCUT2D eigenvalue weighted by atomic mass is 10.0. The molecule has 0 heterocycles. The zero-order valence-corrected chi connectivity index (χ0v) is 17.1. The lowest BCUT2D eigenvalue weighted by molar-refractivity contribution is -0.116. The summed E-state index contributed by atoms with van der Waals surface area (Å²) in [6.07, 6.45) is 16.3. The van der Waals surface area contributed by atoms with Gasteiger partial charge in [0.2, 0.25) is 5.91 Å². The van der Waals surface area contributed by atoms with Gasteiger partial charge in [-0.3, -0.25) is 4.79 Å². The van der Waals surface area contributed by atoms with Gasteiger partial charge in [-0.1, -0.05) is 76.7 Å². The molecule has 3 N–H and O–H groups in total. The molecule has 1 rings (SSSR count). The third kappa shape index (κ3) is 12.5. The fourth-order valence-electron chi connectivity index (χ4n) is 3.30. The highest BCUT2D eigenvalue weighted by atomic mass is 16.3. The first-order valence-corrected chi connectivity index (χ1v) is 10.8. The SMILES string of the molecule is Cc1ccc(O)c(NC(=O)CCCCCCCCCCCCCCCO)c1. The van der Waals surface area contributed by atoms with Gasteiger partial charge in [-0.05, 0) is 37.5 Å². The van der Waals surface area contributed by atoms with Crippen LogP contribution in [0.1, 0.15) is 95.5 Å². The number of aliphatic hydroxyl groups is 1. The van der Waals surface area contributed by atoms with Crippen LogP contribution in [0.25, 0.3) is 0 Å². The average Bonchev–Trinajstić information content (AvgIpc) is 2.65. The molecule has 0 unspecified atom stereocenters. The zero-order chi connectivity index (χ0) is 19.7. The topological polar surface area (TPSA) is 69.6 Å². The van der Waals surface area contributed by atoms with Gasteiger partial charge in [-0.15, -0.1) is 0 Å². The zero-order valence-electron chi connectivity index (χ0n) is 17.1. The predicted octanol–water partition coefficient (Wildman–Crippen LogP) is 6.09. The Bertz CT molecular complexity index is 516. The molecule has 0 atom stereocenters. The summed E-state index contributed by atoms with van der Waals surface area (Å²) in [5.41, 5.74) is 1.53. The Morgan fingerprint density at radius 1 is 0.815 bits per heavy atom. The maximum atomic E-state index is 12.0. The molecule has 4 heteroatoms. The molecule has 0 fully saturated rings. The molecule has 4 nitrogen and oxygen atoms in total. The second kappa shape index (κ2) is 15.5. The van der Waals surface area contributed by atoms with Gasteiger partial charge in [-0.25, -0.2) is 0 Å². The Labute approximate surface area is 165 Å². The van der Waals surface area contributed by atoms with E-state index in [2.05, 4.69) is 5.32 Å². The van der Waals surface area contributed by atoms with E-state index in [0.29, 0.717) is 18.7 Å². The number of benzene rings is 1. The van der Waals surface area contributed by atoms with Crippen LogP contribution in [0.2, 0.25) is 0 Å². The van der Waals surface area contributed by atoms with Crippen molar-refractivity contribution in [2.45, 2.75) is 96.8 Å². The van der Waals surface area contributed by atoms with Crippen molar-refractivity contribution in [3.8, 4) is 5.75 Å². The molecular formula is C23H39NO3. The molecule has 1 amide bonds. The van der Waals surface area contributed by atoms with Crippen LogP contribution in [0.4, 0.5) is 5.69 Å². The number of carbonyl (C=O) groups excluding carboxylic acids is 1. The van der Waals surface area contributed by atoms with Gasteiger partial charge in [0, 0.05) is 13.0 Å². The first-order valence-electron chi connectivity index (χ1n) is 10.8. The van der Waals surface area contributed by atoms with E-state index in [9.17, 15) is 9.90 Å². The Balaban J connectivity index is 1.90. The van der Waals surface area contributed by atoms with Crippen LogP contribution in [0, 0.1) is 6.92 Å². The monoisotopic (exact) mass is 377 g/mol. The van der Waals surface area contributed by atoms with Crippen LogP contribution < -0.4 is 5.32 Å². The number of nitrogens with one attached hydrogen (secondary N) is 1. The third-order valence-corrected chi connectivity index (χ3v) is 4.99. The number of hydrogen-bond donors (Lipinski definition) is 3. The molecule has 0 spiro atoms. The van der Waals surface area contributed by atoms with Crippen LogP contribution in [0.3, 0.4) is 0 Å². The molecular weight excluding hydrogens is 338 g/mol. The maximum Gasteiger partial charge on any atom is 0.224 e. The molecule has 0 aromatic heterocycles. The summed E-state index contributed by atoms with van der Waals surface area (Å²) in [5, 5.41) is 21.3. The van der Waals surface area contributed by atoms with E-state index in [1.807, 2.05) is 13.0 Å². The number of phenolic OH excluding ortho intramolecular Hbond substituents is 1. The van der Waals surface area contributed by atoms with Crippen LogP contribution in [0.5, 0.6) is 5.75 Å². The Morgan fingerprint density at radius 2 is 1.30 bits per heavy atom. The van der Waals surface area contributed by atoms with E-state index < -0.39 is 0 Å². The minimum atomic E-state index is -0.0186. The van der Waals surface area contributed by atoms with Crippen LogP contribution in [-0.2, 0) is 4.79 Å². The van der Waals surface area contributed by atoms with Gasteiger partial charge in [0.05, 0.1) is 5.69 Å². The van der Waals surface area contributed by atoms with Crippen molar-refractivity contribution >= 4 is 11.6 Å². The molecule has 0 saturated heterocycles. The number of anilines is 1. The van der Waals surface area contributed by atoms with Crippen molar-refractivity contribution in [2.24, 2.45) is 0 Å². The lowest BCUT2D eigenvalue weighted by Gasteiger charge is -2.08. The number of aryl methyl sites for hydroxylation is 1. The van der Waals surface area contributed by atoms with E-state index in [0.717, 1.165) is 24.8 Å². The summed E-state index contributed by atoms with van der Waals surface area (Å²) in [7, 11) is 0. The number of phenols is 1. The second-order valence-electron chi connectivity index (χ2n) is 7.64. The summed E-state index contributed by atoms with van der Waals surface area (Å²) in [6, 6.07) is 5.23. The molecule has 0 aliphatic rings. The highest BCUT2D eigenvalue weighted by molar-refractivity contribution is 5.92. The molecule has 27 heavy (non-hydrogen) atoms. The van der Waals surface area contributed by atoms with E-state index in [1.54, 1.807) is 12.1 Å². The van der Waals surface area contributed by atoms with Gasteiger partial charge in [0.1, 0.15) is 5.75 Å².